The van der Waals surface area contributed by atoms with Crippen molar-refractivity contribution < 1.29 is 0 Å². The van der Waals surface area contributed by atoms with Crippen LogP contribution < -0.4 is 5.56 Å². The van der Waals surface area contributed by atoms with E-state index in [2.05, 4.69) is 11.2 Å². The summed E-state index contributed by atoms with van der Waals surface area (Å²) < 4.78 is 1.52. The molecule has 0 saturated heterocycles. The zero-order valence-corrected chi connectivity index (χ0v) is 15.7. The Morgan fingerprint density at radius 3 is 2.38 bits per heavy atom. The first kappa shape index (κ1) is 17.0. The fourth-order valence-electron chi connectivity index (χ4n) is 3.72. The summed E-state index contributed by atoms with van der Waals surface area (Å²) in [6, 6.07) is 25.1. The molecule has 3 aromatic carbocycles. The molecule has 0 saturated carbocycles. The lowest BCUT2D eigenvalue weighted by molar-refractivity contribution is 0.895. The van der Waals surface area contributed by atoms with Gasteiger partial charge in [-0.25, -0.2) is 9.50 Å². The molecule has 5 aromatic rings. The lowest BCUT2D eigenvalue weighted by Crippen LogP contribution is -2.15. The minimum absolute atomic E-state index is 0.123. The number of H-pyrrole nitrogens is 1. The van der Waals surface area contributed by atoms with E-state index in [1.807, 2.05) is 67.6 Å². The van der Waals surface area contributed by atoms with Crippen molar-refractivity contribution in [3.63, 3.8) is 0 Å². The summed E-state index contributed by atoms with van der Waals surface area (Å²) in [6.45, 7) is 1.95. The molecule has 0 fully saturated rings. The average molecular weight is 376 g/mol. The van der Waals surface area contributed by atoms with Crippen LogP contribution in [0.2, 0.25) is 0 Å². The van der Waals surface area contributed by atoms with Gasteiger partial charge in [0.05, 0.1) is 22.5 Å². The molecule has 0 amide bonds. The van der Waals surface area contributed by atoms with Gasteiger partial charge in [-0.2, -0.15) is 5.26 Å². The summed E-state index contributed by atoms with van der Waals surface area (Å²) in [5.41, 5.74) is 6.50. The molecule has 0 atom stereocenters. The lowest BCUT2D eigenvalue weighted by Gasteiger charge is -2.05. The predicted molar refractivity (Wildman–Crippen MR) is 114 cm³/mol. The van der Waals surface area contributed by atoms with Gasteiger partial charge in [0, 0.05) is 11.3 Å². The second-order valence-electron chi connectivity index (χ2n) is 6.97. The fourth-order valence-corrected chi connectivity index (χ4v) is 3.72. The van der Waals surface area contributed by atoms with E-state index in [1.54, 1.807) is 12.1 Å². The molecule has 0 bridgehead atoms. The average Bonchev–Trinajstić information content (AvgIpc) is 3.10. The number of aromatic nitrogens is 3. The van der Waals surface area contributed by atoms with E-state index in [4.69, 9.17) is 10.2 Å². The van der Waals surface area contributed by atoms with Gasteiger partial charge in [-0.1, -0.05) is 48.5 Å². The molecule has 0 aliphatic rings. The number of benzene rings is 3. The van der Waals surface area contributed by atoms with E-state index in [9.17, 15) is 4.79 Å². The van der Waals surface area contributed by atoms with Crippen LogP contribution in [0.4, 0.5) is 0 Å². The lowest BCUT2D eigenvalue weighted by atomic mass is 10.0. The second-order valence-corrected chi connectivity index (χ2v) is 6.97. The number of fused-ring (bicyclic) bond motifs is 2. The number of aromatic amines is 1. The van der Waals surface area contributed by atoms with Crippen LogP contribution in [-0.2, 0) is 0 Å². The molecule has 5 nitrogen and oxygen atoms in total. The van der Waals surface area contributed by atoms with E-state index < -0.39 is 0 Å². The van der Waals surface area contributed by atoms with Gasteiger partial charge in [0.15, 0.2) is 5.65 Å². The summed E-state index contributed by atoms with van der Waals surface area (Å²) in [6.07, 6.45) is 0. The van der Waals surface area contributed by atoms with Gasteiger partial charge in [-0.15, -0.1) is 0 Å². The first-order valence-electron chi connectivity index (χ1n) is 9.27. The first-order valence-corrected chi connectivity index (χ1v) is 9.27. The van der Waals surface area contributed by atoms with Crippen molar-refractivity contribution in [1.82, 2.24) is 14.6 Å². The number of hydrogen-bond acceptors (Lipinski definition) is 3. The van der Waals surface area contributed by atoms with Crippen LogP contribution in [0.15, 0.2) is 77.6 Å². The van der Waals surface area contributed by atoms with Crippen LogP contribution >= 0.6 is 0 Å². The van der Waals surface area contributed by atoms with Gasteiger partial charge in [-0.3, -0.25) is 9.89 Å². The van der Waals surface area contributed by atoms with E-state index in [0.29, 0.717) is 22.1 Å². The molecule has 2 heterocycles. The molecule has 138 valence electrons. The topological polar surface area (TPSA) is 73.9 Å². The molecule has 5 heteroatoms. The van der Waals surface area contributed by atoms with Gasteiger partial charge in [0.25, 0.3) is 5.56 Å². The van der Waals surface area contributed by atoms with Gasteiger partial charge in [0.2, 0.25) is 0 Å². The van der Waals surface area contributed by atoms with E-state index >= 15 is 0 Å². The van der Waals surface area contributed by atoms with Crippen molar-refractivity contribution in [3.8, 4) is 28.3 Å². The Morgan fingerprint density at radius 2 is 1.66 bits per heavy atom. The molecule has 5 rings (SSSR count). The zero-order valence-electron chi connectivity index (χ0n) is 15.7. The number of nitriles is 1. The molecule has 0 aliphatic heterocycles. The normalized spacial score (nSPS) is 11.0. The van der Waals surface area contributed by atoms with Crippen molar-refractivity contribution in [2.45, 2.75) is 6.92 Å². The second kappa shape index (κ2) is 6.47. The van der Waals surface area contributed by atoms with Gasteiger partial charge >= 0.3 is 0 Å². The Hall–Kier alpha value is -4.17. The Bertz CT molecular complexity index is 1470. The Kier molecular flexibility index (Phi) is 3.78. The van der Waals surface area contributed by atoms with Crippen LogP contribution in [0, 0.1) is 18.3 Å². The summed E-state index contributed by atoms with van der Waals surface area (Å²) in [5.74, 6) is 0. The smallest absolute Gasteiger partial charge is 0.280 e. The molecule has 0 aliphatic carbocycles. The molecular formula is C24H16N4O. The van der Waals surface area contributed by atoms with Crippen molar-refractivity contribution in [1.29, 1.82) is 5.26 Å². The van der Waals surface area contributed by atoms with E-state index in [1.165, 1.54) is 4.52 Å². The fraction of sp³-hybridized carbons (Fsp3) is 0.0417. The molecule has 2 aromatic heterocycles. The number of rotatable bonds is 2. The molecule has 0 radical (unpaired) electrons. The summed E-state index contributed by atoms with van der Waals surface area (Å²) in [5, 5.41) is 12.7. The summed E-state index contributed by atoms with van der Waals surface area (Å²) >= 11 is 0. The largest absolute Gasteiger partial charge is 0.293 e. The third-order valence-electron chi connectivity index (χ3n) is 5.16. The summed E-state index contributed by atoms with van der Waals surface area (Å²) in [4.78, 5) is 17.9. The highest BCUT2D eigenvalue weighted by atomic mass is 16.1. The van der Waals surface area contributed by atoms with Crippen molar-refractivity contribution in [2.75, 3.05) is 0 Å². The highest BCUT2D eigenvalue weighted by Gasteiger charge is 2.16. The maximum Gasteiger partial charge on any atom is 0.280 e. The molecule has 0 spiro atoms. The van der Waals surface area contributed by atoms with E-state index in [0.717, 1.165) is 27.9 Å². The molecule has 1 N–H and O–H groups in total. The van der Waals surface area contributed by atoms with Crippen molar-refractivity contribution in [3.05, 3.63) is 94.4 Å². The van der Waals surface area contributed by atoms with Gasteiger partial charge < -0.3 is 0 Å². The highest BCUT2D eigenvalue weighted by Crippen LogP contribution is 2.28. The summed E-state index contributed by atoms with van der Waals surface area (Å²) in [7, 11) is 0. The number of nitrogens with zero attached hydrogens (tertiary/aromatic N) is 3. The number of nitrogens with one attached hydrogen (secondary N) is 1. The predicted octanol–water partition coefficient (Wildman–Crippen LogP) is 4.69. The Balaban J connectivity index is 1.76. The van der Waals surface area contributed by atoms with Crippen LogP contribution in [0.1, 0.15) is 11.3 Å². The first-order chi connectivity index (χ1) is 14.2. The Labute approximate surface area is 166 Å². The third kappa shape index (κ3) is 2.70. The van der Waals surface area contributed by atoms with Crippen LogP contribution in [0.25, 0.3) is 38.8 Å². The minimum atomic E-state index is -0.123. The Morgan fingerprint density at radius 1 is 0.931 bits per heavy atom. The standard InChI is InChI=1S/C24H16N4O/c1-15-22(18-5-3-2-4-6-18)23-26-21-13-19(17-9-7-16(14-25)8-10-17)11-12-20(21)24(29)28(23)27-15/h2-13,27H,1H3. The van der Waals surface area contributed by atoms with E-state index in [-0.39, 0.29) is 5.56 Å². The van der Waals surface area contributed by atoms with Crippen LogP contribution in [0.5, 0.6) is 0 Å². The molecular weight excluding hydrogens is 360 g/mol. The SMILES string of the molecule is Cc1[nH]n2c(=O)c3ccc(-c4ccc(C#N)cc4)cc3nc2c1-c1ccccc1. The molecule has 29 heavy (non-hydrogen) atoms. The number of aryl methyl sites for hydroxylation is 1. The van der Waals surface area contributed by atoms with Crippen LogP contribution in [-0.4, -0.2) is 14.6 Å². The maximum absolute atomic E-state index is 13.1. The monoisotopic (exact) mass is 376 g/mol. The minimum Gasteiger partial charge on any atom is -0.293 e. The van der Waals surface area contributed by atoms with Gasteiger partial charge in [0.1, 0.15) is 0 Å². The quantitative estimate of drug-likeness (QED) is 0.486. The van der Waals surface area contributed by atoms with Crippen molar-refractivity contribution in [2.24, 2.45) is 0 Å². The molecule has 0 unspecified atom stereocenters. The third-order valence-corrected chi connectivity index (χ3v) is 5.16. The zero-order chi connectivity index (χ0) is 20.0. The van der Waals surface area contributed by atoms with Crippen LogP contribution in [0.3, 0.4) is 0 Å². The van der Waals surface area contributed by atoms with Crippen molar-refractivity contribution >= 4 is 16.6 Å². The van der Waals surface area contributed by atoms with Gasteiger partial charge in [-0.05, 0) is 47.9 Å². The number of hydrogen-bond donors (Lipinski definition) is 1. The maximum atomic E-state index is 13.1. The highest BCUT2D eigenvalue weighted by molar-refractivity contribution is 5.88.